The van der Waals surface area contributed by atoms with E-state index in [1.54, 1.807) is 34.8 Å². The number of anilines is 2. The number of hydrogen-bond acceptors (Lipinski definition) is 15. The van der Waals surface area contributed by atoms with E-state index in [2.05, 4.69) is 47.3 Å². The number of fused-ring (bicyclic) bond motifs is 2. The fourth-order valence-corrected chi connectivity index (χ4v) is 10.8. The highest BCUT2D eigenvalue weighted by Crippen LogP contribution is 2.32. The first-order valence-corrected chi connectivity index (χ1v) is 26.1. The molecule has 2 aliphatic rings. The standard InChI is InChI=1S/C30H34N4O3S.C25H32N4O4S/c1-21-7-6-8-22(2)29(21)32-28(36)19-34-15-13-33(14-16-34)18-24(35)20-37-25-11-12-27-26(17-25)31-30(38-27)23-9-4-3-5-10-23;1-16-10-19(30)11-17(2)25(16)27-24(32)14-29-8-6-28(7-9-29)13-20(31)15-33-21-4-5-23-22(12-21)26-18(3)34-23/h3-12,17,24,35H,13-16,18-20H2,1-2H3,(H,32,36);4-5,10-12,20,30-31H,6-9,13-15H2,1-3H3,(H,27,32)/t24-;/m1./s1. The summed E-state index contributed by atoms with van der Waals surface area (Å²) in [6, 6.07) is 31.2. The van der Waals surface area contributed by atoms with Crippen LogP contribution in [0.3, 0.4) is 0 Å². The lowest BCUT2D eigenvalue weighted by Gasteiger charge is -2.35. The van der Waals surface area contributed by atoms with Crippen LogP contribution in [0.25, 0.3) is 31.0 Å². The zero-order valence-corrected chi connectivity index (χ0v) is 43.4. The Labute approximate surface area is 429 Å². The molecule has 0 aliphatic carbocycles. The summed E-state index contributed by atoms with van der Waals surface area (Å²) in [4.78, 5) is 43.1. The Morgan fingerprint density at radius 2 is 1.03 bits per heavy atom. The van der Waals surface area contributed by atoms with Crippen LogP contribution in [0.2, 0.25) is 0 Å². The predicted octanol–water partition coefficient (Wildman–Crippen LogP) is 7.50. The van der Waals surface area contributed by atoms with Crippen molar-refractivity contribution in [3.63, 3.8) is 0 Å². The first kappa shape index (κ1) is 52.3. The Bertz CT molecular complexity index is 2890. The number of phenols is 1. The highest BCUT2D eigenvalue weighted by Gasteiger charge is 2.24. The summed E-state index contributed by atoms with van der Waals surface area (Å²) in [6.45, 7) is 18.2. The first-order valence-electron chi connectivity index (χ1n) is 24.5. The minimum absolute atomic E-state index is 0.0113. The second-order valence-electron chi connectivity index (χ2n) is 18.8. The number of β-amino-alcohol motifs (C(OH)–C–C–N with tert-alkyl or cyclic N) is 2. The maximum absolute atomic E-state index is 12.6. The molecule has 72 heavy (non-hydrogen) atoms. The van der Waals surface area contributed by atoms with Crippen LogP contribution in [0.4, 0.5) is 11.4 Å². The highest BCUT2D eigenvalue weighted by atomic mass is 32.1. The summed E-state index contributed by atoms with van der Waals surface area (Å²) >= 11 is 3.31. The molecular formula is C55H66N8O7S2. The number of ether oxygens (including phenoxy) is 2. The Hall–Kier alpha value is -6.02. The van der Waals surface area contributed by atoms with Crippen LogP contribution < -0.4 is 20.1 Å². The van der Waals surface area contributed by atoms with Crippen molar-refractivity contribution in [3.8, 4) is 27.8 Å². The van der Waals surface area contributed by atoms with Crippen LogP contribution in [0.15, 0.2) is 97.1 Å². The quantitative estimate of drug-likeness (QED) is 0.0568. The number of aryl methyl sites for hydroxylation is 5. The lowest BCUT2D eigenvalue weighted by Crippen LogP contribution is -2.50. The lowest BCUT2D eigenvalue weighted by molar-refractivity contribution is -0.118. The number of phenolic OH excluding ortho intramolecular Hbond substituents is 1. The number of carbonyl (C=O) groups excluding carboxylic acids is 2. The Morgan fingerprint density at radius 3 is 1.54 bits per heavy atom. The molecule has 2 amide bonds. The maximum atomic E-state index is 12.6. The molecule has 5 N–H and O–H groups in total. The van der Waals surface area contributed by atoms with Crippen molar-refractivity contribution in [2.45, 2.75) is 46.8 Å². The molecule has 17 heteroatoms. The van der Waals surface area contributed by atoms with Gasteiger partial charge in [-0.05, 0) is 93.3 Å². The Kier molecular flexibility index (Phi) is 17.9. The number of nitrogens with zero attached hydrogens (tertiary/aromatic N) is 6. The molecule has 2 atom stereocenters. The number of hydrogen-bond donors (Lipinski definition) is 5. The van der Waals surface area contributed by atoms with E-state index in [0.29, 0.717) is 37.7 Å². The van der Waals surface area contributed by atoms with E-state index in [1.807, 2.05) is 107 Å². The van der Waals surface area contributed by atoms with E-state index in [9.17, 15) is 24.9 Å². The second-order valence-corrected chi connectivity index (χ2v) is 21.0. The predicted molar refractivity (Wildman–Crippen MR) is 289 cm³/mol. The molecule has 2 aliphatic heterocycles. The van der Waals surface area contributed by atoms with Gasteiger partial charge in [0, 0.05) is 94.5 Å². The molecular weight excluding hydrogens is 949 g/mol. The number of piperazine rings is 2. The minimum atomic E-state index is -0.597. The van der Waals surface area contributed by atoms with Crippen LogP contribution in [0, 0.1) is 34.6 Å². The van der Waals surface area contributed by atoms with Gasteiger partial charge in [0.15, 0.2) is 0 Å². The zero-order valence-electron chi connectivity index (χ0n) is 41.8. The first-order chi connectivity index (χ1) is 34.7. The fraction of sp³-hybridized carbons (Fsp3) is 0.382. The van der Waals surface area contributed by atoms with Crippen molar-refractivity contribution in [2.75, 3.05) is 102 Å². The maximum Gasteiger partial charge on any atom is 0.238 e. The van der Waals surface area contributed by atoms with Gasteiger partial charge >= 0.3 is 0 Å². The molecule has 2 fully saturated rings. The molecule has 0 spiro atoms. The molecule has 0 bridgehead atoms. The summed E-state index contributed by atoms with van der Waals surface area (Å²) in [5, 5.41) is 38.8. The number of rotatable bonds is 17. The summed E-state index contributed by atoms with van der Waals surface area (Å²) in [5.41, 5.74) is 8.42. The van der Waals surface area contributed by atoms with Gasteiger partial charge < -0.3 is 35.4 Å². The van der Waals surface area contributed by atoms with Gasteiger partial charge in [0.05, 0.1) is 38.5 Å². The van der Waals surface area contributed by atoms with Gasteiger partial charge in [-0.15, -0.1) is 22.7 Å². The van der Waals surface area contributed by atoms with Crippen LogP contribution in [-0.2, 0) is 9.59 Å². The Morgan fingerprint density at radius 1 is 0.569 bits per heavy atom. The molecule has 4 heterocycles. The monoisotopic (exact) mass is 1010 g/mol. The number of aromatic nitrogens is 2. The van der Waals surface area contributed by atoms with Crippen molar-refractivity contribution < 1.29 is 34.4 Å². The molecule has 0 saturated carbocycles. The van der Waals surface area contributed by atoms with Crippen molar-refractivity contribution in [1.29, 1.82) is 0 Å². The number of aliphatic hydroxyl groups excluding tert-OH is 2. The van der Waals surface area contributed by atoms with E-state index in [0.717, 1.165) is 122 Å². The number of carbonyl (C=O) groups is 2. The molecule has 9 rings (SSSR count). The molecule has 15 nitrogen and oxygen atoms in total. The normalized spacial score (nSPS) is 15.7. The number of thiazole rings is 2. The van der Waals surface area contributed by atoms with Gasteiger partial charge in [0.1, 0.15) is 47.7 Å². The van der Waals surface area contributed by atoms with E-state index in [1.165, 1.54) is 0 Å². The van der Waals surface area contributed by atoms with E-state index in [4.69, 9.17) is 14.5 Å². The third-order valence-corrected chi connectivity index (χ3v) is 14.9. The third kappa shape index (κ3) is 14.6. The molecule has 1 unspecified atom stereocenters. The number of aliphatic hydroxyl groups is 2. The van der Waals surface area contributed by atoms with Gasteiger partial charge in [-0.1, -0.05) is 48.5 Å². The lowest BCUT2D eigenvalue weighted by atomic mass is 10.1. The van der Waals surface area contributed by atoms with Gasteiger partial charge in [0.25, 0.3) is 0 Å². The molecule has 380 valence electrons. The van der Waals surface area contributed by atoms with Crippen LogP contribution in [0.5, 0.6) is 17.2 Å². The minimum Gasteiger partial charge on any atom is -0.508 e. The van der Waals surface area contributed by atoms with Crippen LogP contribution >= 0.6 is 22.7 Å². The van der Waals surface area contributed by atoms with Crippen molar-refractivity contribution in [1.82, 2.24) is 29.6 Å². The highest BCUT2D eigenvalue weighted by molar-refractivity contribution is 7.21. The fourth-order valence-electron chi connectivity index (χ4n) is 9.07. The number of amides is 2. The number of benzene rings is 5. The molecule has 2 saturated heterocycles. The van der Waals surface area contributed by atoms with Gasteiger partial charge in [-0.3, -0.25) is 29.2 Å². The topological polar surface area (TPSA) is 176 Å². The number of aromatic hydroxyl groups is 1. The van der Waals surface area contributed by atoms with Gasteiger partial charge in [-0.25, -0.2) is 9.97 Å². The molecule has 7 aromatic rings. The molecule has 5 aromatic carbocycles. The summed E-state index contributed by atoms with van der Waals surface area (Å²) < 4.78 is 13.9. The summed E-state index contributed by atoms with van der Waals surface area (Å²) in [6.07, 6.45) is -1.19. The smallest absolute Gasteiger partial charge is 0.238 e. The van der Waals surface area contributed by atoms with Crippen LogP contribution in [-0.4, -0.2) is 161 Å². The van der Waals surface area contributed by atoms with Crippen molar-refractivity contribution in [3.05, 3.63) is 124 Å². The van der Waals surface area contributed by atoms with E-state index in [-0.39, 0.29) is 30.8 Å². The van der Waals surface area contributed by atoms with E-state index < -0.39 is 12.2 Å². The number of para-hydroxylation sites is 1. The average molecular weight is 1020 g/mol. The third-order valence-electron chi connectivity index (χ3n) is 12.9. The zero-order chi connectivity index (χ0) is 50.7. The largest absolute Gasteiger partial charge is 0.508 e. The summed E-state index contributed by atoms with van der Waals surface area (Å²) in [7, 11) is 0. The molecule has 0 radical (unpaired) electrons. The average Bonchev–Trinajstić information content (AvgIpc) is 3.96. The van der Waals surface area contributed by atoms with Gasteiger partial charge in [0.2, 0.25) is 11.8 Å². The van der Waals surface area contributed by atoms with Crippen LogP contribution in [0.1, 0.15) is 27.3 Å². The second kappa shape index (κ2) is 24.6. The van der Waals surface area contributed by atoms with Crippen molar-refractivity contribution in [2.24, 2.45) is 0 Å². The van der Waals surface area contributed by atoms with Gasteiger partial charge in [-0.2, -0.15) is 0 Å². The number of nitrogens with one attached hydrogen (secondary N) is 2. The Balaban J connectivity index is 0.000000194. The van der Waals surface area contributed by atoms with E-state index >= 15 is 0 Å². The van der Waals surface area contributed by atoms with Crippen molar-refractivity contribution >= 4 is 66.3 Å². The summed E-state index contributed by atoms with van der Waals surface area (Å²) in [5.74, 6) is 1.57. The SMILES string of the molecule is Cc1cccc(C)c1NC(=O)CN1CCN(C[C@@H](O)COc2ccc3sc(-c4ccccc4)nc3c2)CC1.Cc1nc2cc(OCC(O)CN3CCN(CC(=O)Nc4c(C)cc(O)cc4C)CC3)ccc2s1. The molecule has 2 aromatic heterocycles.